The molecule has 1 N–H and O–H groups in total. The first-order valence-corrected chi connectivity index (χ1v) is 8.67. The molecule has 0 aromatic carbocycles. The van der Waals surface area contributed by atoms with Crippen molar-refractivity contribution in [3.8, 4) is 11.8 Å². The number of hydrogen-bond acceptors (Lipinski definition) is 2. The van der Waals surface area contributed by atoms with E-state index in [0.29, 0.717) is 6.10 Å². The van der Waals surface area contributed by atoms with Gasteiger partial charge in [-0.1, -0.05) is 39.0 Å². The molecule has 0 aromatic heterocycles. The van der Waals surface area contributed by atoms with E-state index >= 15 is 0 Å². The van der Waals surface area contributed by atoms with Crippen LogP contribution in [0.3, 0.4) is 0 Å². The summed E-state index contributed by atoms with van der Waals surface area (Å²) in [7, 11) is -1.36. The van der Waals surface area contributed by atoms with Gasteiger partial charge in [-0.05, 0) is 31.1 Å². The van der Waals surface area contributed by atoms with Crippen molar-refractivity contribution in [1.29, 1.82) is 0 Å². The highest BCUT2D eigenvalue weighted by atomic mass is 31.2. The van der Waals surface area contributed by atoms with Gasteiger partial charge < -0.3 is 9.42 Å². The molecule has 4 unspecified atom stereocenters. The summed E-state index contributed by atoms with van der Waals surface area (Å²) in [6, 6.07) is 0. The van der Waals surface area contributed by atoms with Crippen molar-refractivity contribution < 1.29 is 9.42 Å². The van der Waals surface area contributed by atoms with Gasteiger partial charge in [0.2, 0.25) is 0 Å². The second-order valence-corrected chi connectivity index (χ2v) is 6.92. The molecule has 2 saturated carbocycles. The summed E-state index contributed by atoms with van der Waals surface area (Å²) in [6.45, 7) is 4.12. The van der Waals surface area contributed by atoms with E-state index in [4.69, 9.17) is 4.52 Å². The van der Waals surface area contributed by atoms with Gasteiger partial charge in [-0.15, -0.1) is 5.92 Å². The van der Waals surface area contributed by atoms with Gasteiger partial charge in [0.15, 0.2) is 8.38 Å². The molecule has 0 spiro atoms. The smallest absolute Gasteiger partial charge is 0.184 e. The van der Waals surface area contributed by atoms with Crippen molar-refractivity contribution in [2.75, 3.05) is 0 Å². The predicted octanol–water partition coefficient (Wildman–Crippen LogP) is 4.08. The number of rotatable bonds is 5. The molecule has 0 aromatic rings. The predicted molar refractivity (Wildman–Crippen MR) is 76.2 cm³/mol. The first-order valence-electron chi connectivity index (χ1n) is 7.39. The molecule has 0 amide bonds. The van der Waals surface area contributed by atoms with E-state index in [2.05, 4.69) is 18.8 Å². The summed E-state index contributed by atoms with van der Waals surface area (Å²) in [5.41, 5.74) is 0.0441. The van der Waals surface area contributed by atoms with E-state index < -0.39 is 8.38 Å². The highest BCUT2D eigenvalue weighted by Crippen LogP contribution is 2.51. The molecule has 2 aliphatic carbocycles. The van der Waals surface area contributed by atoms with E-state index in [9.17, 15) is 4.89 Å². The average Bonchev–Trinajstić information content (AvgIpc) is 2.30. The maximum Gasteiger partial charge on any atom is 0.184 e. The van der Waals surface area contributed by atoms with E-state index in [1.807, 2.05) is 6.92 Å². The van der Waals surface area contributed by atoms with Crippen molar-refractivity contribution in [2.24, 2.45) is 11.8 Å². The first kappa shape index (κ1) is 14.3. The summed E-state index contributed by atoms with van der Waals surface area (Å²) in [5.74, 6) is 7.83. The van der Waals surface area contributed by atoms with Crippen LogP contribution in [0.4, 0.5) is 0 Å². The van der Waals surface area contributed by atoms with Crippen molar-refractivity contribution >= 4 is 8.38 Å². The fraction of sp³-hybridized carbons (Fsp3) is 0.867. The molecule has 18 heavy (non-hydrogen) atoms. The standard InChI is InChI=1S/C15H25O2P/c1-3-5-9-13(4-2)18(16)17-15-11-10-14(15)12-7-6-8-12/h12-16H,3-4,6-8,10-11H2,1-2H3. The monoisotopic (exact) mass is 268 g/mol. The third-order valence-electron chi connectivity index (χ3n) is 4.36. The van der Waals surface area contributed by atoms with Crippen LogP contribution >= 0.6 is 8.38 Å². The lowest BCUT2D eigenvalue weighted by atomic mass is 9.65. The van der Waals surface area contributed by atoms with Gasteiger partial charge in [-0.2, -0.15) is 0 Å². The zero-order chi connectivity index (χ0) is 13.0. The van der Waals surface area contributed by atoms with Crippen LogP contribution in [-0.4, -0.2) is 16.7 Å². The summed E-state index contributed by atoms with van der Waals surface area (Å²) >= 11 is 0. The van der Waals surface area contributed by atoms with E-state index in [0.717, 1.165) is 31.1 Å². The van der Waals surface area contributed by atoms with E-state index in [1.165, 1.54) is 25.7 Å². The van der Waals surface area contributed by atoms with Crippen LogP contribution in [0, 0.1) is 23.7 Å². The maximum absolute atomic E-state index is 10.2. The summed E-state index contributed by atoms with van der Waals surface area (Å²) in [6.07, 6.45) is 8.64. The second-order valence-electron chi connectivity index (χ2n) is 5.48. The Balaban J connectivity index is 1.80. The Morgan fingerprint density at radius 2 is 2.06 bits per heavy atom. The van der Waals surface area contributed by atoms with Crippen LogP contribution in [0.15, 0.2) is 0 Å². The molecular weight excluding hydrogens is 243 g/mol. The Labute approximate surface area is 112 Å². The molecule has 2 fully saturated rings. The lowest BCUT2D eigenvalue weighted by molar-refractivity contribution is -0.0136. The van der Waals surface area contributed by atoms with Gasteiger partial charge in [0, 0.05) is 6.42 Å². The van der Waals surface area contributed by atoms with Crippen LogP contribution in [-0.2, 0) is 4.52 Å². The fourth-order valence-corrected chi connectivity index (χ4v) is 3.98. The van der Waals surface area contributed by atoms with Crippen molar-refractivity contribution in [3.05, 3.63) is 0 Å². The van der Waals surface area contributed by atoms with Crippen molar-refractivity contribution in [2.45, 2.75) is 70.6 Å². The molecule has 4 atom stereocenters. The van der Waals surface area contributed by atoms with Gasteiger partial charge >= 0.3 is 0 Å². The molecule has 0 bridgehead atoms. The Bertz CT molecular complexity index is 316. The van der Waals surface area contributed by atoms with Crippen LogP contribution in [0.5, 0.6) is 0 Å². The average molecular weight is 268 g/mol. The topological polar surface area (TPSA) is 29.5 Å². The molecule has 0 heterocycles. The lowest BCUT2D eigenvalue weighted by Gasteiger charge is -2.46. The summed E-state index contributed by atoms with van der Waals surface area (Å²) in [5, 5.41) is 0. The minimum atomic E-state index is -1.36. The summed E-state index contributed by atoms with van der Waals surface area (Å²) in [4.78, 5) is 10.2. The molecule has 102 valence electrons. The van der Waals surface area contributed by atoms with Gasteiger partial charge in [0.25, 0.3) is 0 Å². The largest absolute Gasteiger partial charge is 0.349 e. The highest BCUT2D eigenvalue weighted by Gasteiger charge is 2.41. The summed E-state index contributed by atoms with van der Waals surface area (Å²) < 4.78 is 5.92. The Morgan fingerprint density at radius 1 is 1.28 bits per heavy atom. The van der Waals surface area contributed by atoms with Crippen LogP contribution in [0.25, 0.3) is 0 Å². The zero-order valence-corrected chi connectivity index (χ0v) is 12.5. The van der Waals surface area contributed by atoms with Gasteiger partial charge in [-0.25, -0.2) is 0 Å². The van der Waals surface area contributed by atoms with E-state index in [-0.39, 0.29) is 5.66 Å². The quantitative estimate of drug-likeness (QED) is 0.601. The van der Waals surface area contributed by atoms with Gasteiger partial charge in [0.1, 0.15) is 0 Å². The third kappa shape index (κ3) is 3.27. The third-order valence-corrected chi connectivity index (χ3v) is 5.87. The molecule has 2 aliphatic rings. The molecular formula is C15H25O2P. The molecule has 2 rings (SSSR count). The molecule has 0 aliphatic heterocycles. The van der Waals surface area contributed by atoms with Crippen LogP contribution < -0.4 is 0 Å². The van der Waals surface area contributed by atoms with Crippen molar-refractivity contribution in [1.82, 2.24) is 0 Å². The molecule has 0 saturated heterocycles. The minimum absolute atomic E-state index is 0.0441. The van der Waals surface area contributed by atoms with E-state index in [1.54, 1.807) is 0 Å². The first-order chi connectivity index (χ1) is 8.76. The highest BCUT2D eigenvalue weighted by molar-refractivity contribution is 7.47. The van der Waals surface area contributed by atoms with Gasteiger partial charge in [-0.3, -0.25) is 0 Å². The Kier molecular flexibility index (Phi) is 5.49. The number of hydrogen-bond donors (Lipinski definition) is 1. The SMILES string of the molecule is CCC#CC(CC)P(O)OC1CCC1C1CCC1. The zero-order valence-electron chi connectivity index (χ0n) is 11.6. The normalized spacial score (nSPS) is 30.6. The molecule has 3 heteroatoms. The lowest BCUT2D eigenvalue weighted by Crippen LogP contribution is -2.41. The fourth-order valence-electron chi connectivity index (χ4n) is 2.78. The second kappa shape index (κ2) is 6.90. The molecule has 0 radical (unpaired) electrons. The Morgan fingerprint density at radius 3 is 2.50 bits per heavy atom. The van der Waals surface area contributed by atoms with Crippen molar-refractivity contribution in [3.63, 3.8) is 0 Å². The maximum atomic E-state index is 10.2. The minimum Gasteiger partial charge on any atom is -0.349 e. The molecule has 2 nitrogen and oxygen atoms in total. The van der Waals surface area contributed by atoms with Crippen LogP contribution in [0.1, 0.15) is 58.8 Å². The van der Waals surface area contributed by atoms with Gasteiger partial charge in [0.05, 0.1) is 11.8 Å². The Hall–Kier alpha value is -0.0900. The van der Waals surface area contributed by atoms with Crippen LogP contribution in [0.2, 0.25) is 0 Å².